The maximum absolute atomic E-state index is 12.4. The summed E-state index contributed by atoms with van der Waals surface area (Å²) in [4.78, 5) is 24.7. The van der Waals surface area contributed by atoms with Gasteiger partial charge in [0.25, 0.3) is 0 Å². The summed E-state index contributed by atoms with van der Waals surface area (Å²) in [6, 6.07) is 5.64. The average molecular weight is 318 g/mol. The van der Waals surface area contributed by atoms with E-state index in [0.717, 1.165) is 12.0 Å². The molecule has 124 valence electrons. The van der Waals surface area contributed by atoms with Crippen molar-refractivity contribution in [1.29, 1.82) is 0 Å². The van der Waals surface area contributed by atoms with Crippen molar-refractivity contribution in [2.24, 2.45) is 5.41 Å². The van der Waals surface area contributed by atoms with E-state index in [1.165, 1.54) is 0 Å². The Morgan fingerprint density at radius 1 is 1.22 bits per heavy atom. The molecule has 6 heteroatoms. The van der Waals surface area contributed by atoms with Gasteiger partial charge >= 0.3 is 0 Å². The van der Waals surface area contributed by atoms with E-state index in [9.17, 15) is 9.59 Å². The molecule has 1 aromatic rings. The molecule has 6 nitrogen and oxygen atoms in total. The molecule has 0 bridgehead atoms. The van der Waals surface area contributed by atoms with Gasteiger partial charge in [0, 0.05) is 12.6 Å². The monoisotopic (exact) mass is 318 g/mol. The third kappa shape index (κ3) is 3.11. The fourth-order valence-corrected chi connectivity index (χ4v) is 2.55. The van der Waals surface area contributed by atoms with Crippen LogP contribution in [0.25, 0.3) is 0 Å². The molecule has 23 heavy (non-hydrogen) atoms. The smallest absolute Gasteiger partial charge is 0.235 e. The van der Waals surface area contributed by atoms with E-state index in [-0.39, 0.29) is 24.6 Å². The van der Waals surface area contributed by atoms with E-state index in [0.29, 0.717) is 30.9 Å². The first-order valence-electron chi connectivity index (χ1n) is 8.03. The molecule has 1 aliphatic heterocycles. The summed E-state index contributed by atoms with van der Waals surface area (Å²) >= 11 is 0. The minimum atomic E-state index is -0.875. The van der Waals surface area contributed by atoms with Crippen molar-refractivity contribution in [2.45, 2.75) is 45.7 Å². The molecule has 3 rings (SSSR count). The minimum absolute atomic E-state index is 0.0848. The van der Waals surface area contributed by atoms with Gasteiger partial charge in [-0.05, 0) is 43.9 Å². The topological polar surface area (TPSA) is 76.7 Å². The van der Waals surface area contributed by atoms with Crippen LogP contribution >= 0.6 is 0 Å². The van der Waals surface area contributed by atoms with Crippen LogP contribution in [-0.4, -0.2) is 24.6 Å². The summed E-state index contributed by atoms with van der Waals surface area (Å²) in [6.45, 7) is 4.54. The first-order valence-corrected chi connectivity index (χ1v) is 8.03. The lowest BCUT2D eigenvalue weighted by Crippen LogP contribution is -2.45. The quantitative estimate of drug-likeness (QED) is 0.783. The molecule has 1 saturated carbocycles. The lowest BCUT2D eigenvalue weighted by Gasteiger charge is -2.18. The SMILES string of the molecule is CCC(C)NC(=O)C1(C(=O)NCc2ccc3c(c2)OCO3)CC1. The Morgan fingerprint density at radius 2 is 1.96 bits per heavy atom. The van der Waals surface area contributed by atoms with Crippen LogP contribution in [0.5, 0.6) is 11.5 Å². The number of carbonyl (C=O) groups excluding carboxylic acids is 2. The standard InChI is InChI=1S/C17H22N2O4/c1-3-11(2)19-16(21)17(6-7-17)15(20)18-9-12-4-5-13-14(8-12)23-10-22-13/h4-5,8,11H,3,6-7,9-10H2,1-2H3,(H,18,20)(H,19,21). The third-order valence-electron chi connectivity index (χ3n) is 4.50. The number of amides is 2. The van der Waals surface area contributed by atoms with Crippen molar-refractivity contribution in [2.75, 3.05) is 6.79 Å². The van der Waals surface area contributed by atoms with Crippen LogP contribution in [0.2, 0.25) is 0 Å². The second-order valence-electron chi connectivity index (χ2n) is 6.24. The van der Waals surface area contributed by atoms with E-state index in [1.54, 1.807) is 0 Å². The summed E-state index contributed by atoms with van der Waals surface area (Å²) in [7, 11) is 0. The highest BCUT2D eigenvalue weighted by Gasteiger charge is 2.56. The van der Waals surface area contributed by atoms with Gasteiger partial charge in [0.1, 0.15) is 5.41 Å². The summed E-state index contributed by atoms with van der Waals surface area (Å²) < 4.78 is 10.6. The number of hydrogen-bond donors (Lipinski definition) is 2. The molecule has 0 saturated heterocycles. The largest absolute Gasteiger partial charge is 0.454 e. The zero-order chi connectivity index (χ0) is 16.4. The molecule has 1 heterocycles. The highest BCUT2D eigenvalue weighted by Crippen LogP contribution is 2.46. The fraction of sp³-hybridized carbons (Fsp3) is 0.529. The van der Waals surface area contributed by atoms with E-state index in [1.807, 2.05) is 32.0 Å². The minimum Gasteiger partial charge on any atom is -0.454 e. The van der Waals surface area contributed by atoms with E-state index >= 15 is 0 Å². The summed E-state index contributed by atoms with van der Waals surface area (Å²) in [5.74, 6) is 1.05. The zero-order valence-electron chi connectivity index (χ0n) is 13.5. The third-order valence-corrected chi connectivity index (χ3v) is 4.50. The van der Waals surface area contributed by atoms with Gasteiger partial charge < -0.3 is 20.1 Å². The van der Waals surface area contributed by atoms with Crippen LogP contribution in [-0.2, 0) is 16.1 Å². The van der Waals surface area contributed by atoms with Crippen LogP contribution in [0.15, 0.2) is 18.2 Å². The van der Waals surface area contributed by atoms with Crippen molar-refractivity contribution in [3.63, 3.8) is 0 Å². The van der Waals surface area contributed by atoms with Gasteiger partial charge in [-0.2, -0.15) is 0 Å². The Labute approximate surface area is 135 Å². The van der Waals surface area contributed by atoms with Crippen LogP contribution < -0.4 is 20.1 Å². The maximum Gasteiger partial charge on any atom is 0.235 e. The molecule has 0 radical (unpaired) electrons. The summed E-state index contributed by atoms with van der Waals surface area (Å²) in [5.41, 5.74) is 0.0421. The molecule has 0 spiro atoms. The van der Waals surface area contributed by atoms with Crippen molar-refractivity contribution in [3.05, 3.63) is 23.8 Å². The molecular weight excluding hydrogens is 296 g/mol. The predicted molar refractivity (Wildman–Crippen MR) is 84.0 cm³/mol. The van der Waals surface area contributed by atoms with Crippen LogP contribution in [0.3, 0.4) is 0 Å². The van der Waals surface area contributed by atoms with Gasteiger partial charge in [0.2, 0.25) is 18.6 Å². The van der Waals surface area contributed by atoms with Gasteiger partial charge in [-0.3, -0.25) is 9.59 Å². The number of rotatable bonds is 6. The molecule has 0 aromatic heterocycles. The number of nitrogens with one attached hydrogen (secondary N) is 2. The van der Waals surface area contributed by atoms with Gasteiger partial charge in [-0.15, -0.1) is 0 Å². The Hall–Kier alpha value is -2.24. The predicted octanol–water partition coefficient (Wildman–Crippen LogP) is 1.73. The molecule has 2 amide bonds. The van der Waals surface area contributed by atoms with Gasteiger partial charge in [0.15, 0.2) is 11.5 Å². The molecule has 1 aromatic carbocycles. The molecule has 2 N–H and O–H groups in total. The van der Waals surface area contributed by atoms with Crippen LogP contribution in [0.4, 0.5) is 0 Å². The second-order valence-corrected chi connectivity index (χ2v) is 6.24. The number of fused-ring (bicyclic) bond motifs is 1. The van der Waals surface area contributed by atoms with Crippen molar-refractivity contribution in [1.82, 2.24) is 10.6 Å². The zero-order valence-corrected chi connectivity index (χ0v) is 13.5. The molecule has 1 aliphatic carbocycles. The molecular formula is C17H22N2O4. The highest BCUT2D eigenvalue weighted by molar-refractivity contribution is 6.07. The lowest BCUT2D eigenvalue weighted by atomic mass is 10.0. The first kappa shape index (κ1) is 15.6. The Bertz CT molecular complexity index is 625. The average Bonchev–Trinajstić information content (AvgIpc) is 3.24. The molecule has 1 atom stereocenters. The second kappa shape index (κ2) is 6.10. The lowest BCUT2D eigenvalue weighted by molar-refractivity contribution is -0.137. The number of carbonyl (C=O) groups is 2. The van der Waals surface area contributed by atoms with Crippen molar-refractivity contribution >= 4 is 11.8 Å². The van der Waals surface area contributed by atoms with Crippen LogP contribution in [0, 0.1) is 5.41 Å². The number of hydrogen-bond acceptors (Lipinski definition) is 4. The Balaban J connectivity index is 1.58. The Kier molecular flexibility index (Phi) is 4.15. The fourth-order valence-electron chi connectivity index (χ4n) is 2.55. The molecule has 2 aliphatic rings. The van der Waals surface area contributed by atoms with Crippen molar-refractivity contribution in [3.8, 4) is 11.5 Å². The summed E-state index contributed by atoms with van der Waals surface area (Å²) in [5, 5.41) is 5.78. The van der Waals surface area contributed by atoms with E-state index in [2.05, 4.69) is 10.6 Å². The maximum atomic E-state index is 12.4. The van der Waals surface area contributed by atoms with Gasteiger partial charge in [-0.1, -0.05) is 13.0 Å². The number of ether oxygens (including phenoxy) is 2. The van der Waals surface area contributed by atoms with Crippen molar-refractivity contribution < 1.29 is 19.1 Å². The molecule has 1 unspecified atom stereocenters. The van der Waals surface area contributed by atoms with E-state index in [4.69, 9.17) is 9.47 Å². The molecule has 1 fully saturated rings. The highest BCUT2D eigenvalue weighted by atomic mass is 16.7. The van der Waals surface area contributed by atoms with Gasteiger partial charge in [0.05, 0.1) is 0 Å². The number of benzene rings is 1. The first-order chi connectivity index (χ1) is 11.0. The van der Waals surface area contributed by atoms with Crippen LogP contribution in [0.1, 0.15) is 38.7 Å². The Morgan fingerprint density at radius 3 is 2.65 bits per heavy atom. The normalized spacial score (nSPS) is 18.2. The summed E-state index contributed by atoms with van der Waals surface area (Å²) in [6.07, 6.45) is 2.07. The van der Waals surface area contributed by atoms with E-state index < -0.39 is 5.41 Å². The van der Waals surface area contributed by atoms with Gasteiger partial charge in [-0.25, -0.2) is 0 Å².